The minimum atomic E-state index is 0.694. The minimum absolute atomic E-state index is 0.694. The molecule has 1 aliphatic rings. The molecule has 0 radical (unpaired) electrons. The second-order valence-electron chi connectivity index (χ2n) is 5.33. The maximum Gasteiger partial charge on any atom is 0.0747 e. The lowest BCUT2D eigenvalue weighted by Crippen LogP contribution is -2.27. The molecular formula is C15H22Cl2N2. The average molecular weight is 301 g/mol. The van der Waals surface area contributed by atoms with Crippen molar-refractivity contribution < 1.29 is 0 Å². The molecule has 106 valence electrons. The van der Waals surface area contributed by atoms with Crippen LogP contribution in [-0.4, -0.2) is 26.2 Å². The third kappa shape index (κ3) is 3.56. The molecule has 1 aliphatic heterocycles. The van der Waals surface area contributed by atoms with Crippen LogP contribution in [0.4, 0.5) is 5.69 Å². The van der Waals surface area contributed by atoms with Crippen LogP contribution >= 0.6 is 23.2 Å². The molecule has 1 atom stereocenters. The summed E-state index contributed by atoms with van der Waals surface area (Å²) in [5, 5.41) is 5.06. The Morgan fingerprint density at radius 3 is 2.89 bits per heavy atom. The van der Waals surface area contributed by atoms with Gasteiger partial charge in [0.25, 0.3) is 0 Å². The van der Waals surface area contributed by atoms with E-state index in [0.717, 1.165) is 47.5 Å². The van der Waals surface area contributed by atoms with E-state index in [4.69, 9.17) is 23.2 Å². The van der Waals surface area contributed by atoms with Crippen LogP contribution in [0.5, 0.6) is 0 Å². The molecule has 4 heteroatoms. The summed E-state index contributed by atoms with van der Waals surface area (Å²) >= 11 is 12.7. The van der Waals surface area contributed by atoms with Crippen molar-refractivity contribution in [2.24, 2.45) is 5.92 Å². The van der Waals surface area contributed by atoms with Crippen molar-refractivity contribution in [1.29, 1.82) is 0 Å². The van der Waals surface area contributed by atoms with Crippen LogP contribution in [-0.2, 0) is 0 Å². The van der Waals surface area contributed by atoms with Gasteiger partial charge in [-0.2, -0.15) is 0 Å². The number of nitrogens with one attached hydrogen (secondary N) is 1. The van der Waals surface area contributed by atoms with E-state index in [1.807, 2.05) is 19.1 Å². The van der Waals surface area contributed by atoms with E-state index in [1.165, 1.54) is 12.8 Å². The van der Waals surface area contributed by atoms with Crippen molar-refractivity contribution in [3.05, 3.63) is 27.7 Å². The standard InChI is InChI=1S/C15H22Cl2N2/c1-3-7-18-9-12-6-8-19(10-12)15-13(16)5-4-11(2)14(15)17/h4-5,12,18H,3,6-10H2,1-2H3. The van der Waals surface area contributed by atoms with Gasteiger partial charge in [0, 0.05) is 13.1 Å². The van der Waals surface area contributed by atoms with Gasteiger partial charge in [0.15, 0.2) is 0 Å². The van der Waals surface area contributed by atoms with E-state index < -0.39 is 0 Å². The van der Waals surface area contributed by atoms with Crippen molar-refractivity contribution in [3.8, 4) is 0 Å². The van der Waals surface area contributed by atoms with E-state index in [1.54, 1.807) is 0 Å². The maximum atomic E-state index is 6.41. The second-order valence-corrected chi connectivity index (χ2v) is 6.12. The molecule has 1 aromatic rings. The number of hydrogen-bond acceptors (Lipinski definition) is 2. The lowest BCUT2D eigenvalue weighted by Gasteiger charge is -2.22. The van der Waals surface area contributed by atoms with Crippen molar-refractivity contribution in [3.63, 3.8) is 0 Å². The lowest BCUT2D eigenvalue weighted by atomic mass is 10.1. The summed E-state index contributed by atoms with van der Waals surface area (Å²) in [5.74, 6) is 0.694. The Hall–Kier alpha value is -0.440. The number of rotatable bonds is 5. The third-order valence-electron chi connectivity index (χ3n) is 3.72. The van der Waals surface area contributed by atoms with Gasteiger partial charge < -0.3 is 10.2 Å². The first-order valence-corrected chi connectivity index (χ1v) is 7.79. The van der Waals surface area contributed by atoms with E-state index in [-0.39, 0.29) is 0 Å². The Bertz CT molecular complexity index is 434. The number of hydrogen-bond donors (Lipinski definition) is 1. The first-order chi connectivity index (χ1) is 9.13. The summed E-state index contributed by atoms with van der Waals surface area (Å²) in [5.41, 5.74) is 2.11. The van der Waals surface area contributed by atoms with Crippen LogP contribution < -0.4 is 10.2 Å². The average Bonchev–Trinajstić information content (AvgIpc) is 2.83. The molecule has 0 amide bonds. The number of aryl methyl sites for hydroxylation is 1. The molecule has 1 saturated heterocycles. The summed E-state index contributed by atoms with van der Waals surface area (Å²) < 4.78 is 0. The molecule has 19 heavy (non-hydrogen) atoms. The SMILES string of the molecule is CCCNCC1CCN(c2c(Cl)ccc(C)c2Cl)C1. The molecule has 0 spiro atoms. The monoisotopic (exact) mass is 300 g/mol. The number of anilines is 1. The zero-order valence-electron chi connectivity index (χ0n) is 11.7. The normalized spacial score (nSPS) is 19.2. The molecule has 0 aliphatic carbocycles. The molecule has 1 aromatic carbocycles. The molecule has 2 rings (SSSR count). The fourth-order valence-electron chi connectivity index (χ4n) is 2.62. The van der Waals surface area contributed by atoms with Crippen LogP contribution in [0.15, 0.2) is 12.1 Å². The first kappa shape index (κ1) is 15.0. The van der Waals surface area contributed by atoms with Gasteiger partial charge in [0.2, 0.25) is 0 Å². The number of halogens is 2. The maximum absolute atomic E-state index is 6.41. The van der Waals surface area contributed by atoms with Crippen LogP contribution in [0.25, 0.3) is 0 Å². The zero-order valence-corrected chi connectivity index (χ0v) is 13.2. The fraction of sp³-hybridized carbons (Fsp3) is 0.600. The highest BCUT2D eigenvalue weighted by Gasteiger charge is 2.25. The Morgan fingerprint density at radius 2 is 2.16 bits per heavy atom. The summed E-state index contributed by atoms with van der Waals surface area (Å²) in [6.07, 6.45) is 2.39. The fourth-order valence-corrected chi connectivity index (χ4v) is 3.23. The van der Waals surface area contributed by atoms with E-state index in [0.29, 0.717) is 5.92 Å². The smallest absolute Gasteiger partial charge is 0.0747 e. The van der Waals surface area contributed by atoms with Crippen LogP contribution in [0.2, 0.25) is 10.0 Å². The lowest BCUT2D eigenvalue weighted by molar-refractivity contribution is 0.516. The Kier molecular flexibility index (Phi) is 5.37. The van der Waals surface area contributed by atoms with Crippen LogP contribution in [0, 0.1) is 12.8 Å². The van der Waals surface area contributed by atoms with Gasteiger partial charge in [-0.25, -0.2) is 0 Å². The minimum Gasteiger partial charge on any atom is -0.369 e. The van der Waals surface area contributed by atoms with Crippen molar-refractivity contribution in [2.45, 2.75) is 26.7 Å². The van der Waals surface area contributed by atoms with E-state index in [2.05, 4.69) is 17.1 Å². The Labute approximate surface area is 126 Å². The number of nitrogens with zero attached hydrogens (tertiary/aromatic N) is 1. The van der Waals surface area contributed by atoms with Gasteiger partial charge in [-0.15, -0.1) is 0 Å². The molecule has 1 heterocycles. The number of benzene rings is 1. The van der Waals surface area contributed by atoms with Gasteiger partial charge in [-0.05, 0) is 50.4 Å². The molecule has 1 N–H and O–H groups in total. The first-order valence-electron chi connectivity index (χ1n) is 7.03. The van der Waals surface area contributed by atoms with Gasteiger partial charge >= 0.3 is 0 Å². The molecule has 0 bridgehead atoms. The molecule has 2 nitrogen and oxygen atoms in total. The van der Waals surface area contributed by atoms with Crippen LogP contribution in [0.3, 0.4) is 0 Å². The summed E-state index contributed by atoms with van der Waals surface area (Å²) in [6.45, 7) is 8.49. The highest BCUT2D eigenvalue weighted by molar-refractivity contribution is 6.39. The third-order valence-corrected chi connectivity index (χ3v) is 4.50. The molecule has 0 saturated carbocycles. The highest BCUT2D eigenvalue weighted by Crippen LogP contribution is 2.38. The quantitative estimate of drug-likeness (QED) is 0.823. The summed E-state index contributed by atoms with van der Waals surface area (Å²) in [6, 6.07) is 3.92. The molecule has 1 unspecified atom stereocenters. The molecule has 0 aromatic heterocycles. The van der Waals surface area contributed by atoms with Crippen LogP contribution in [0.1, 0.15) is 25.3 Å². The predicted molar refractivity (Wildman–Crippen MR) is 84.7 cm³/mol. The van der Waals surface area contributed by atoms with E-state index in [9.17, 15) is 0 Å². The summed E-state index contributed by atoms with van der Waals surface area (Å²) in [4.78, 5) is 2.33. The van der Waals surface area contributed by atoms with Gasteiger partial charge in [0.05, 0.1) is 15.7 Å². The largest absolute Gasteiger partial charge is 0.369 e. The molecular weight excluding hydrogens is 279 g/mol. The Morgan fingerprint density at radius 1 is 1.37 bits per heavy atom. The molecule has 1 fully saturated rings. The summed E-state index contributed by atoms with van der Waals surface area (Å²) in [7, 11) is 0. The van der Waals surface area contributed by atoms with Crippen molar-refractivity contribution >= 4 is 28.9 Å². The van der Waals surface area contributed by atoms with Gasteiger partial charge in [0.1, 0.15) is 0 Å². The topological polar surface area (TPSA) is 15.3 Å². The Balaban J connectivity index is 2.03. The van der Waals surface area contributed by atoms with Gasteiger partial charge in [-0.3, -0.25) is 0 Å². The second kappa shape index (κ2) is 6.83. The van der Waals surface area contributed by atoms with Crippen molar-refractivity contribution in [1.82, 2.24) is 5.32 Å². The van der Waals surface area contributed by atoms with E-state index >= 15 is 0 Å². The van der Waals surface area contributed by atoms with Gasteiger partial charge in [-0.1, -0.05) is 36.2 Å². The highest BCUT2D eigenvalue weighted by atomic mass is 35.5. The van der Waals surface area contributed by atoms with Crippen molar-refractivity contribution in [2.75, 3.05) is 31.1 Å². The zero-order chi connectivity index (χ0) is 13.8. The predicted octanol–water partition coefficient (Wildman–Crippen LogP) is 4.13.